The van der Waals surface area contributed by atoms with Gasteiger partial charge in [0.05, 0.1) is 0 Å². The smallest absolute Gasteiger partial charge is 0.306 e. The Labute approximate surface area is 378 Å². The molecule has 0 N–H and O–H groups in total. The van der Waals surface area contributed by atoms with Crippen LogP contribution in [0.2, 0.25) is 0 Å². The molecule has 0 radical (unpaired) electrons. The fourth-order valence-electron chi connectivity index (χ4n) is 5.78. The van der Waals surface area contributed by atoms with E-state index in [0.29, 0.717) is 19.3 Å². The van der Waals surface area contributed by atoms with Crippen molar-refractivity contribution >= 4 is 17.9 Å². The number of esters is 3. The van der Waals surface area contributed by atoms with Crippen LogP contribution >= 0.6 is 0 Å². The van der Waals surface area contributed by atoms with Crippen LogP contribution in [0, 0.1) is 0 Å². The van der Waals surface area contributed by atoms with E-state index in [-0.39, 0.29) is 37.5 Å². The maximum absolute atomic E-state index is 12.8. The summed E-state index contributed by atoms with van der Waals surface area (Å²) in [5.74, 6) is -1.03. The largest absolute Gasteiger partial charge is 0.462 e. The predicted molar refractivity (Wildman–Crippen MR) is 265 cm³/mol. The lowest BCUT2D eigenvalue weighted by Crippen LogP contribution is -2.30. The van der Waals surface area contributed by atoms with Crippen LogP contribution in [0.4, 0.5) is 0 Å². The Kier molecular flexibility index (Phi) is 45.2. The van der Waals surface area contributed by atoms with Crippen molar-refractivity contribution in [3.63, 3.8) is 0 Å². The van der Waals surface area contributed by atoms with E-state index >= 15 is 0 Å². The summed E-state index contributed by atoms with van der Waals surface area (Å²) in [6.45, 7) is 6.12. The molecule has 0 spiro atoms. The normalized spacial score (nSPS) is 13.4. The predicted octanol–water partition coefficient (Wildman–Crippen LogP) is 15.7. The van der Waals surface area contributed by atoms with Crippen LogP contribution in [0.3, 0.4) is 0 Å². The standard InChI is InChI=1S/C56H84O6/c1-4-7-10-13-16-19-22-25-27-29-31-34-37-40-43-46-49-55(58)61-52-53(51-60-54(57)48-45-42-39-36-33-30-24-21-18-15-12-9-6-3)62-56(59)50-47-44-41-38-35-32-28-26-23-20-17-14-11-8-5-2/h7-12,14-21,23-28,30,32-33,35,53H,4-6,13,22,29,31,34,36-52H2,1-3H3/b10-7-,11-8-,12-9-,17-14-,18-15-,19-16-,23-20-,24-21-,27-25-,28-26-,33-30-,35-32-. The number of allylic oxidation sites excluding steroid dienone is 24. The maximum atomic E-state index is 12.8. The summed E-state index contributed by atoms with van der Waals surface area (Å²) in [7, 11) is 0. The Hall–Kier alpha value is -4.71. The van der Waals surface area contributed by atoms with Gasteiger partial charge in [-0.2, -0.15) is 0 Å². The minimum absolute atomic E-state index is 0.122. The van der Waals surface area contributed by atoms with E-state index < -0.39 is 6.10 Å². The van der Waals surface area contributed by atoms with Crippen molar-refractivity contribution in [2.75, 3.05) is 13.2 Å². The molecular formula is C56H84O6. The highest BCUT2D eigenvalue weighted by atomic mass is 16.6. The zero-order chi connectivity index (χ0) is 45.1. The first-order valence-electron chi connectivity index (χ1n) is 24.0. The second kappa shape index (κ2) is 49.0. The second-order valence-corrected chi connectivity index (χ2v) is 15.1. The van der Waals surface area contributed by atoms with Gasteiger partial charge in [0, 0.05) is 19.3 Å². The molecule has 0 heterocycles. The summed E-state index contributed by atoms with van der Waals surface area (Å²) in [5, 5.41) is 0. The molecule has 0 amide bonds. The van der Waals surface area contributed by atoms with Gasteiger partial charge < -0.3 is 14.2 Å². The van der Waals surface area contributed by atoms with E-state index in [0.717, 1.165) is 109 Å². The Morgan fingerprint density at radius 1 is 0.339 bits per heavy atom. The molecule has 0 aliphatic rings. The van der Waals surface area contributed by atoms with Crippen molar-refractivity contribution in [1.29, 1.82) is 0 Å². The van der Waals surface area contributed by atoms with E-state index in [2.05, 4.69) is 81.5 Å². The van der Waals surface area contributed by atoms with Gasteiger partial charge in [-0.1, -0.05) is 205 Å². The van der Waals surface area contributed by atoms with Crippen LogP contribution in [0.25, 0.3) is 0 Å². The third-order valence-electron chi connectivity index (χ3n) is 9.29. The number of carbonyl (C=O) groups is 3. The van der Waals surface area contributed by atoms with Crippen molar-refractivity contribution in [2.24, 2.45) is 0 Å². The summed E-state index contributed by atoms with van der Waals surface area (Å²) in [6, 6.07) is 0. The number of carbonyl (C=O) groups excluding carboxylic acids is 3. The molecule has 0 aliphatic carbocycles. The van der Waals surface area contributed by atoms with Gasteiger partial charge in [0.1, 0.15) is 13.2 Å². The number of unbranched alkanes of at least 4 members (excludes halogenated alkanes) is 12. The Morgan fingerprint density at radius 2 is 0.661 bits per heavy atom. The summed E-state index contributed by atoms with van der Waals surface area (Å²) < 4.78 is 16.7. The molecule has 62 heavy (non-hydrogen) atoms. The van der Waals surface area contributed by atoms with E-state index in [1.54, 1.807) is 0 Å². The zero-order valence-corrected chi connectivity index (χ0v) is 39.1. The molecular weight excluding hydrogens is 769 g/mol. The molecule has 0 rings (SSSR count). The van der Waals surface area contributed by atoms with E-state index in [1.165, 1.54) is 12.8 Å². The first kappa shape index (κ1) is 57.3. The highest BCUT2D eigenvalue weighted by Gasteiger charge is 2.19. The Bertz CT molecular complexity index is 1440. The van der Waals surface area contributed by atoms with E-state index in [1.807, 2.05) is 85.1 Å². The lowest BCUT2D eigenvalue weighted by molar-refractivity contribution is -0.167. The SMILES string of the molecule is CC\C=C/C=C\C=C/C=C\C=C/CCCCCC(=O)OC(COC(=O)CCCCC\C=C/C=C\C=C/C=C\CC)COC(=O)CCCCCCCC/C=C\C/C=C\C/C=C\CC. The molecule has 0 aromatic heterocycles. The first-order chi connectivity index (χ1) is 30.5. The van der Waals surface area contributed by atoms with Crippen molar-refractivity contribution < 1.29 is 28.6 Å². The molecule has 0 aliphatic heterocycles. The van der Waals surface area contributed by atoms with Crippen LogP contribution in [0.15, 0.2) is 146 Å². The summed E-state index contributed by atoms with van der Waals surface area (Å²) in [6.07, 6.45) is 69.7. The lowest BCUT2D eigenvalue weighted by atomic mass is 10.1. The number of hydrogen-bond acceptors (Lipinski definition) is 6. The molecule has 0 aromatic rings. The maximum Gasteiger partial charge on any atom is 0.306 e. The summed E-state index contributed by atoms with van der Waals surface area (Å²) in [4.78, 5) is 37.9. The van der Waals surface area contributed by atoms with Crippen LogP contribution in [-0.4, -0.2) is 37.2 Å². The highest BCUT2D eigenvalue weighted by molar-refractivity contribution is 5.71. The minimum atomic E-state index is -0.828. The second-order valence-electron chi connectivity index (χ2n) is 15.1. The topological polar surface area (TPSA) is 78.9 Å². The number of hydrogen-bond donors (Lipinski definition) is 0. The van der Waals surface area contributed by atoms with Gasteiger partial charge in [0.2, 0.25) is 0 Å². The molecule has 6 heteroatoms. The van der Waals surface area contributed by atoms with E-state index in [9.17, 15) is 14.4 Å². The fraction of sp³-hybridized carbons (Fsp3) is 0.518. The van der Waals surface area contributed by atoms with Crippen molar-refractivity contribution in [3.05, 3.63) is 146 Å². The van der Waals surface area contributed by atoms with Gasteiger partial charge >= 0.3 is 17.9 Å². The van der Waals surface area contributed by atoms with Crippen molar-refractivity contribution in [1.82, 2.24) is 0 Å². The Morgan fingerprint density at radius 3 is 1.11 bits per heavy atom. The van der Waals surface area contributed by atoms with Gasteiger partial charge in [-0.15, -0.1) is 0 Å². The van der Waals surface area contributed by atoms with Gasteiger partial charge in [0.25, 0.3) is 0 Å². The first-order valence-corrected chi connectivity index (χ1v) is 24.0. The molecule has 6 nitrogen and oxygen atoms in total. The number of ether oxygens (including phenoxy) is 3. The minimum Gasteiger partial charge on any atom is -0.462 e. The van der Waals surface area contributed by atoms with Crippen LogP contribution in [0.5, 0.6) is 0 Å². The average molecular weight is 853 g/mol. The van der Waals surface area contributed by atoms with Crippen molar-refractivity contribution in [2.45, 2.75) is 175 Å². The third-order valence-corrected chi connectivity index (χ3v) is 9.29. The third kappa shape index (κ3) is 46.4. The van der Waals surface area contributed by atoms with Gasteiger partial charge in [-0.05, 0) is 89.9 Å². The quantitative estimate of drug-likeness (QED) is 0.0201. The molecule has 0 fully saturated rings. The molecule has 1 atom stereocenters. The van der Waals surface area contributed by atoms with E-state index in [4.69, 9.17) is 14.2 Å². The van der Waals surface area contributed by atoms with Crippen LogP contribution in [0.1, 0.15) is 168 Å². The van der Waals surface area contributed by atoms with Crippen LogP contribution in [-0.2, 0) is 28.6 Å². The summed E-state index contributed by atoms with van der Waals surface area (Å²) >= 11 is 0. The zero-order valence-electron chi connectivity index (χ0n) is 39.1. The monoisotopic (exact) mass is 853 g/mol. The average Bonchev–Trinajstić information content (AvgIpc) is 3.27. The van der Waals surface area contributed by atoms with Crippen LogP contribution < -0.4 is 0 Å². The molecule has 1 unspecified atom stereocenters. The molecule has 0 aromatic carbocycles. The lowest BCUT2D eigenvalue weighted by Gasteiger charge is -2.18. The molecule has 0 saturated heterocycles. The van der Waals surface area contributed by atoms with Crippen molar-refractivity contribution in [3.8, 4) is 0 Å². The van der Waals surface area contributed by atoms with Gasteiger partial charge in [-0.3, -0.25) is 14.4 Å². The summed E-state index contributed by atoms with van der Waals surface area (Å²) in [5.41, 5.74) is 0. The molecule has 0 bridgehead atoms. The molecule has 344 valence electrons. The van der Waals surface area contributed by atoms with Gasteiger partial charge in [-0.25, -0.2) is 0 Å². The fourth-order valence-corrected chi connectivity index (χ4v) is 5.78. The molecule has 0 saturated carbocycles. The van der Waals surface area contributed by atoms with Gasteiger partial charge in [0.15, 0.2) is 6.10 Å². The highest BCUT2D eigenvalue weighted by Crippen LogP contribution is 2.12. The Balaban J connectivity index is 4.59. The number of rotatable bonds is 40.